The Bertz CT molecular complexity index is 1130. The number of likely N-dealkylation sites (tertiary alicyclic amines) is 1. The Kier molecular flexibility index (Phi) is 4.71. The lowest BCUT2D eigenvalue weighted by Crippen LogP contribution is -2.31. The zero-order chi connectivity index (χ0) is 20.7. The summed E-state index contributed by atoms with van der Waals surface area (Å²) >= 11 is 1.51. The highest BCUT2D eigenvalue weighted by molar-refractivity contribution is 7.18. The summed E-state index contributed by atoms with van der Waals surface area (Å²) in [5, 5.41) is 23.3. The van der Waals surface area contributed by atoms with Gasteiger partial charge in [0.15, 0.2) is 0 Å². The quantitative estimate of drug-likeness (QED) is 0.463. The van der Waals surface area contributed by atoms with Crippen LogP contribution in [0.4, 0.5) is 11.4 Å². The van der Waals surface area contributed by atoms with Gasteiger partial charge >= 0.3 is 0 Å². The number of nitro groups is 2. The molecule has 1 atom stereocenters. The van der Waals surface area contributed by atoms with Gasteiger partial charge in [-0.05, 0) is 31.9 Å². The number of para-hydroxylation sites is 1. The van der Waals surface area contributed by atoms with Crippen LogP contribution in [0.15, 0.2) is 36.4 Å². The van der Waals surface area contributed by atoms with Gasteiger partial charge in [0.2, 0.25) is 0 Å². The number of carbonyl (C=O) groups is 1. The van der Waals surface area contributed by atoms with Gasteiger partial charge in [0.25, 0.3) is 17.3 Å². The maximum atomic E-state index is 13.3. The first-order valence-electron chi connectivity index (χ1n) is 8.96. The summed E-state index contributed by atoms with van der Waals surface area (Å²) in [5.41, 5.74) is 0.0631. The number of nitrogens with zero attached hydrogens (tertiary/aromatic N) is 4. The first-order valence-corrected chi connectivity index (χ1v) is 9.78. The molecule has 10 heteroatoms. The maximum Gasteiger partial charge on any atom is 0.279 e. The van der Waals surface area contributed by atoms with E-state index in [9.17, 15) is 25.0 Å². The third-order valence-corrected chi connectivity index (χ3v) is 6.25. The average molecular weight is 412 g/mol. The molecule has 1 aliphatic heterocycles. The number of non-ortho nitro benzene ring substituents is 1. The molecular formula is C19H16N4O5S. The predicted molar refractivity (Wildman–Crippen MR) is 107 cm³/mol. The average Bonchev–Trinajstić information content (AvgIpc) is 3.33. The van der Waals surface area contributed by atoms with Crippen LogP contribution in [0.25, 0.3) is 10.2 Å². The molecule has 1 aliphatic rings. The molecule has 4 rings (SSSR count). The summed E-state index contributed by atoms with van der Waals surface area (Å²) in [6.07, 6.45) is 1.49. The van der Waals surface area contributed by atoms with Crippen LogP contribution < -0.4 is 0 Å². The van der Waals surface area contributed by atoms with Crippen molar-refractivity contribution in [2.45, 2.75) is 25.8 Å². The lowest BCUT2D eigenvalue weighted by atomic mass is 10.0. The number of thiazole rings is 1. The van der Waals surface area contributed by atoms with E-state index in [2.05, 4.69) is 4.98 Å². The second-order valence-electron chi connectivity index (χ2n) is 6.83. The molecule has 0 saturated carbocycles. The van der Waals surface area contributed by atoms with Gasteiger partial charge in [0.1, 0.15) is 5.01 Å². The standard InChI is InChI=1S/C19H16N4O5S/c1-11-13(9-12(22(25)26)10-16(11)23(27)28)19(24)21-8-4-6-15(21)18-20-14-5-2-3-7-17(14)29-18/h2-3,5,7,9-10,15H,4,6,8H2,1H3. The Morgan fingerprint density at radius 1 is 1.21 bits per heavy atom. The van der Waals surface area contributed by atoms with Crippen LogP contribution in [0.3, 0.4) is 0 Å². The molecule has 1 aromatic heterocycles. The van der Waals surface area contributed by atoms with Gasteiger partial charge in [0.05, 0.1) is 37.7 Å². The van der Waals surface area contributed by atoms with Crippen LogP contribution in [0.2, 0.25) is 0 Å². The monoisotopic (exact) mass is 412 g/mol. The molecule has 1 amide bonds. The number of hydrogen-bond donors (Lipinski definition) is 0. The van der Waals surface area contributed by atoms with Crippen molar-refractivity contribution >= 4 is 38.8 Å². The van der Waals surface area contributed by atoms with Crippen LogP contribution in [0.5, 0.6) is 0 Å². The van der Waals surface area contributed by atoms with Gasteiger partial charge in [-0.2, -0.15) is 0 Å². The van der Waals surface area contributed by atoms with E-state index in [-0.39, 0.29) is 17.2 Å². The van der Waals surface area contributed by atoms with E-state index in [1.165, 1.54) is 18.3 Å². The zero-order valence-corrected chi connectivity index (χ0v) is 16.2. The minimum atomic E-state index is -0.724. The Labute approximate surface area is 168 Å². The summed E-state index contributed by atoms with van der Waals surface area (Å²) < 4.78 is 1.02. The van der Waals surface area contributed by atoms with E-state index < -0.39 is 27.1 Å². The summed E-state index contributed by atoms with van der Waals surface area (Å²) in [6, 6.07) is 9.45. The van der Waals surface area contributed by atoms with Gasteiger partial charge < -0.3 is 4.90 Å². The Morgan fingerprint density at radius 2 is 1.97 bits per heavy atom. The second-order valence-corrected chi connectivity index (χ2v) is 7.89. The first kappa shape index (κ1) is 18.9. The molecule has 29 heavy (non-hydrogen) atoms. The lowest BCUT2D eigenvalue weighted by Gasteiger charge is -2.23. The number of nitro benzene ring substituents is 2. The first-order chi connectivity index (χ1) is 13.9. The van der Waals surface area contributed by atoms with Crippen molar-refractivity contribution in [2.24, 2.45) is 0 Å². The van der Waals surface area contributed by atoms with E-state index in [4.69, 9.17) is 0 Å². The van der Waals surface area contributed by atoms with E-state index >= 15 is 0 Å². The molecule has 2 aromatic carbocycles. The van der Waals surface area contributed by atoms with Crippen molar-refractivity contribution in [3.63, 3.8) is 0 Å². The molecule has 0 radical (unpaired) electrons. The van der Waals surface area contributed by atoms with Crippen LogP contribution in [-0.2, 0) is 0 Å². The molecule has 9 nitrogen and oxygen atoms in total. The molecule has 0 aliphatic carbocycles. The third kappa shape index (κ3) is 3.31. The number of benzene rings is 2. The number of amides is 1. The second kappa shape index (κ2) is 7.21. The van der Waals surface area contributed by atoms with Gasteiger partial charge in [-0.1, -0.05) is 12.1 Å². The van der Waals surface area contributed by atoms with Crippen molar-refractivity contribution in [1.29, 1.82) is 0 Å². The van der Waals surface area contributed by atoms with Crippen molar-refractivity contribution in [1.82, 2.24) is 9.88 Å². The van der Waals surface area contributed by atoms with Crippen molar-refractivity contribution in [3.05, 3.63) is 72.8 Å². The fraction of sp³-hybridized carbons (Fsp3) is 0.263. The van der Waals surface area contributed by atoms with Crippen molar-refractivity contribution in [3.8, 4) is 0 Å². The maximum absolute atomic E-state index is 13.3. The number of hydrogen-bond acceptors (Lipinski definition) is 7. The fourth-order valence-corrected chi connectivity index (χ4v) is 4.77. The van der Waals surface area contributed by atoms with E-state index in [0.717, 1.165) is 40.2 Å². The highest BCUT2D eigenvalue weighted by atomic mass is 32.1. The summed E-state index contributed by atoms with van der Waals surface area (Å²) in [4.78, 5) is 40.7. The number of carbonyl (C=O) groups excluding carboxylic acids is 1. The Hall–Kier alpha value is -3.40. The molecular weight excluding hydrogens is 396 g/mol. The topological polar surface area (TPSA) is 119 Å². The van der Waals surface area contributed by atoms with Gasteiger partial charge in [0, 0.05) is 18.2 Å². The molecule has 0 bridgehead atoms. The molecule has 1 saturated heterocycles. The third-order valence-electron chi connectivity index (χ3n) is 5.11. The van der Waals surface area contributed by atoms with E-state index in [1.54, 1.807) is 4.90 Å². The number of aromatic nitrogens is 1. The van der Waals surface area contributed by atoms with Crippen LogP contribution in [0.1, 0.15) is 39.8 Å². The van der Waals surface area contributed by atoms with Gasteiger partial charge in [-0.15, -0.1) is 11.3 Å². The lowest BCUT2D eigenvalue weighted by molar-refractivity contribution is -0.394. The van der Waals surface area contributed by atoms with E-state index in [0.29, 0.717) is 6.54 Å². The molecule has 2 heterocycles. The summed E-state index contributed by atoms with van der Waals surface area (Å²) in [7, 11) is 0. The van der Waals surface area contributed by atoms with Gasteiger partial charge in [-0.25, -0.2) is 4.98 Å². The van der Waals surface area contributed by atoms with Crippen LogP contribution in [0, 0.1) is 27.2 Å². The molecule has 1 fully saturated rings. The SMILES string of the molecule is Cc1c(C(=O)N2CCCC2c2nc3ccccc3s2)cc([N+](=O)[O-])cc1[N+](=O)[O-]. The van der Waals surface area contributed by atoms with Gasteiger partial charge in [-0.3, -0.25) is 25.0 Å². The minimum Gasteiger partial charge on any atom is -0.329 e. The molecule has 1 unspecified atom stereocenters. The fourth-order valence-electron chi connectivity index (χ4n) is 3.66. The summed E-state index contributed by atoms with van der Waals surface area (Å²) in [6.45, 7) is 1.91. The largest absolute Gasteiger partial charge is 0.329 e. The normalized spacial score (nSPS) is 16.3. The highest BCUT2D eigenvalue weighted by Crippen LogP contribution is 2.38. The van der Waals surface area contributed by atoms with Crippen molar-refractivity contribution < 1.29 is 14.6 Å². The number of fused-ring (bicyclic) bond motifs is 1. The van der Waals surface area contributed by atoms with Crippen LogP contribution >= 0.6 is 11.3 Å². The minimum absolute atomic E-state index is 0.0149. The molecule has 148 valence electrons. The van der Waals surface area contributed by atoms with E-state index in [1.807, 2.05) is 24.3 Å². The van der Waals surface area contributed by atoms with Crippen molar-refractivity contribution in [2.75, 3.05) is 6.54 Å². The van der Waals surface area contributed by atoms with Crippen LogP contribution in [-0.4, -0.2) is 32.2 Å². The molecule has 0 N–H and O–H groups in total. The zero-order valence-electron chi connectivity index (χ0n) is 15.4. The highest BCUT2D eigenvalue weighted by Gasteiger charge is 2.35. The molecule has 3 aromatic rings. The number of rotatable bonds is 4. The molecule has 0 spiro atoms. The predicted octanol–water partition coefficient (Wildman–Crippen LogP) is 4.40. The summed E-state index contributed by atoms with van der Waals surface area (Å²) in [5.74, 6) is -0.448. The smallest absolute Gasteiger partial charge is 0.279 e. The Morgan fingerprint density at radius 3 is 2.66 bits per heavy atom. The Balaban J connectivity index is 1.75.